The van der Waals surface area contributed by atoms with Gasteiger partial charge in [-0.25, -0.2) is 14.8 Å². The highest BCUT2D eigenvalue weighted by molar-refractivity contribution is 8.27. The number of hydrogen-bond acceptors (Lipinski definition) is 7. The number of ether oxygens (including phenoxy) is 1. The third-order valence-electron chi connectivity index (χ3n) is 6.69. The number of hydrogen-bond donors (Lipinski definition) is 0. The predicted molar refractivity (Wildman–Crippen MR) is 179 cm³/mol. The van der Waals surface area contributed by atoms with Gasteiger partial charge in [0, 0.05) is 18.8 Å². The molecule has 2 saturated heterocycles. The Bertz CT molecular complexity index is 1380. The third-order valence-corrected chi connectivity index (χ3v) is 8.67. The summed E-state index contributed by atoms with van der Waals surface area (Å²) in [6.07, 6.45) is 0. The fourth-order valence-corrected chi connectivity index (χ4v) is 6.60. The maximum atomic E-state index is 12.0. The van der Waals surface area contributed by atoms with E-state index in [9.17, 15) is 9.59 Å². The summed E-state index contributed by atoms with van der Waals surface area (Å²) in [5.41, 5.74) is 7.12. The Morgan fingerprint density at radius 2 is 1.45 bits per heavy atom. The van der Waals surface area contributed by atoms with E-state index in [0.29, 0.717) is 23.3 Å². The van der Waals surface area contributed by atoms with Crippen LogP contribution in [0.5, 0.6) is 0 Å². The fraction of sp³-hybridized carbons (Fsp3) is 0.455. The minimum absolute atomic E-state index is 0.00540. The molecule has 0 N–H and O–H groups in total. The molecule has 2 heterocycles. The van der Waals surface area contributed by atoms with Crippen molar-refractivity contribution in [3.63, 3.8) is 0 Å². The Morgan fingerprint density at radius 3 is 1.93 bits per heavy atom. The van der Waals surface area contributed by atoms with Crippen LogP contribution in [0.2, 0.25) is 0 Å². The monoisotopic (exact) mass is 608 g/mol. The zero-order valence-electron chi connectivity index (χ0n) is 26.4. The lowest BCUT2D eigenvalue weighted by atomic mass is 10.1. The Kier molecular flexibility index (Phi) is 11.9. The summed E-state index contributed by atoms with van der Waals surface area (Å²) in [5.74, 6) is 1.42. The van der Waals surface area contributed by atoms with Crippen LogP contribution in [0, 0.1) is 39.5 Å². The van der Waals surface area contributed by atoms with Crippen molar-refractivity contribution in [2.45, 2.75) is 61.4 Å². The van der Waals surface area contributed by atoms with Crippen LogP contribution in [-0.2, 0) is 14.3 Å². The number of aryl methyl sites for hydroxylation is 4. The number of thioether (sulfide) groups is 2. The van der Waals surface area contributed by atoms with Gasteiger partial charge in [-0.1, -0.05) is 81.4 Å². The predicted octanol–water partition coefficient (Wildman–Crippen LogP) is 7.57. The standard InChI is InChI=1S/C17H24N2O2S.C16H20N2OS/c1-11(2)9-19-15(16(20)21-5)10-22-17(19)18-14-7-6-12(3)8-13(14)4;1-10(2)9-18-13(5)15(19)20-16(18)17-14-7-6-11(3)8-12(14)4/h6-8,11,15H,9-10H2,1-5H3;6-8,10H,5,9H2,1-4H3. The molecule has 7 nitrogen and oxygen atoms in total. The molecular formula is C33H44N4O3S2. The van der Waals surface area contributed by atoms with Crippen LogP contribution in [0.3, 0.4) is 0 Å². The molecule has 226 valence electrons. The number of aliphatic imine (C=N–C) groups is 2. The Hall–Kier alpha value is -3.04. The normalized spacial score (nSPS) is 18.9. The molecule has 0 bridgehead atoms. The molecule has 0 aromatic heterocycles. The molecule has 2 aliphatic rings. The van der Waals surface area contributed by atoms with Gasteiger partial charge in [0.1, 0.15) is 6.04 Å². The van der Waals surface area contributed by atoms with Crippen LogP contribution in [0.4, 0.5) is 11.4 Å². The molecule has 9 heteroatoms. The zero-order valence-corrected chi connectivity index (χ0v) is 28.0. The van der Waals surface area contributed by atoms with Crippen LogP contribution in [0.15, 0.2) is 58.7 Å². The Morgan fingerprint density at radius 1 is 0.929 bits per heavy atom. The van der Waals surface area contributed by atoms with Crippen molar-refractivity contribution in [3.05, 3.63) is 70.9 Å². The highest BCUT2D eigenvalue weighted by atomic mass is 32.2. The number of rotatable bonds is 7. The van der Waals surface area contributed by atoms with Crippen molar-refractivity contribution in [1.82, 2.24) is 9.80 Å². The molecule has 42 heavy (non-hydrogen) atoms. The Balaban J connectivity index is 0.000000231. The summed E-state index contributed by atoms with van der Waals surface area (Å²) >= 11 is 2.80. The molecule has 0 aliphatic carbocycles. The number of benzene rings is 2. The van der Waals surface area contributed by atoms with E-state index in [1.54, 1.807) is 11.8 Å². The zero-order chi connectivity index (χ0) is 31.1. The second-order valence-corrected chi connectivity index (χ2v) is 13.5. The van der Waals surface area contributed by atoms with E-state index in [-0.39, 0.29) is 17.1 Å². The van der Waals surface area contributed by atoms with E-state index in [1.165, 1.54) is 30.0 Å². The molecule has 2 aliphatic heterocycles. The summed E-state index contributed by atoms with van der Waals surface area (Å²) in [7, 11) is 1.44. The van der Waals surface area contributed by atoms with Gasteiger partial charge in [0.2, 0.25) is 5.12 Å². The van der Waals surface area contributed by atoms with Gasteiger partial charge in [0.25, 0.3) is 0 Å². The quantitative estimate of drug-likeness (QED) is 0.237. The van der Waals surface area contributed by atoms with E-state index in [4.69, 9.17) is 9.73 Å². The van der Waals surface area contributed by atoms with E-state index in [0.717, 1.165) is 45.9 Å². The molecule has 2 aromatic rings. The molecule has 0 spiro atoms. The van der Waals surface area contributed by atoms with Crippen molar-refractivity contribution in [2.24, 2.45) is 21.8 Å². The first kappa shape index (κ1) is 33.5. The summed E-state index contributed by atoms with van der Waals surface area (Å²) in [5, 5.41) is 1.64. The molecule has 0 amide bonds. The SMILES string of the molecule is C=C1C(=O)SC(=Nc2ccc(C)cc2C)N1CC(C)C.COC(=O)C1CSC(=Nc2ccc(C)cc2C)N1CC(C)C. The highest BCUT2D eigenvalue weighted by Crippen LogP contribution is 2.32. The summed E-state index contributed by atoms with van der Waals surface area (Å²) < 4.78 is 4.94. The summed E-state index contributed by atoms with van der Waals surface area (Å²) in [4.78, 5) is 37.3. The van der Waals surface area contributed by atoms with Crippen molar-refractivity contribution < 1.29 is 14.3 Å². The minimum Gasteiger partial charge on any atom is -0.467 e. The number of nitrogens with zero attached hydrogens (tertiary/aromatic N) is 4. The summed E-state index contributed by atoms with van der Waals surface area (Å²) in [6.45, 7) is 22.2. The number of esters is 1. The van der Waals surface area contributed by atoms with E-state index < -0.39 is 0 Å². The van der Waals surface area contributed by atoms with E-state index in [2.05, 4.69) is 83.1 Å². The van der Waals surface area contributed by atoms with Gasteiger partial charge >= 0.3 is 5.97 Å². The van der Waals surface area contributed by atoms with Gasteiger partial charge in [0.15, 0.2) is 10.3 Å². The lowest BCUT2D eigenvalue weighted by Crippen LogP contribution is -2.42. The van der Waals surface area contributed by atoms with Gasteiger partial charge < -0.3 is 14.5 Å². The van der Waals surface area contributed by atoms with Crippen molar-refractivity contribution >= 4 is 56.3 Å². The number of amidine groups is 2. The number of carbonyl (C=O) groups excluding carboxylic acids is 2. The second kappa shape index (κ2) is 14.9. The van der Waals surface area contributed by atoms with Gasteiger partial charge in [-0.15, -0.1) is 0 Å². The third kappa shape index (κ3) is 8.74. The van der Waals surface area contributed by atoms with Gasteiger partial charge in [0.05, 0.1) is 24.2 Å². The van der Waals surface area contributed by atoms with Crippen LogP contribution in [-0.4, -0.2) is 63.2 Å². The minimum atomic E-state index is -0.234. The fourth-order valence-electron chi connectivity index (χ4n) is 4.61. The molecule has 0 saturated carbocycles. The van der Waals surface area contributed by atoms with Crippen molar-refractivity contribution in [1.29, 1.82) is 0 Å². The van der Waals surface area contributed by atoms with E-state index >= 15 is 0 Å². The maximum Gasteiger partial charge on any atom is 0.329 e. The van der Waals surface area contributed by atoms with Crippen LogP contribution in [0.1, 0.15) is 49.9 Å². The molecule has 1 unspecified atom stereocenters. The van der Waals surface area contributed by atoms with Crippen LogP contribution in [0.25, 0.3) is 0 Å². The highest BCUT2D eigenvalue weighted by Gasteiger charge is 2.36. The largest absolute Gasteiger partial charge is 0.467 e. The molecule has 2 aromatic carbocycles. The molecule has 2 fully saturated rings. The first-order chi connectivity index (χ1) is 19.8. The first-order valence-corrected chi connectivity index (χ1v) is 16.1. The van der Waals surface area contributed by atoms with Crippen molar-refractivity contribution in [2.75, 3.05) is 26.0 Å². The van der Waals surface area contributed by atoms with Crippen LogP contribution >= 0.6 is 23.5 Å². The lowest BCUT2D eigenvalue weighted by Gasteiger charge is -2.26. The maximum absolute atomic E-state index is 12.0. The van der Waals surface area contributed by atoms with Gasteiger partial charge in [-0.2, -0.15) is 0 Å². The number of methoxy groups -OCH3 is 1. The number of carbonyl (C=O) groups is 2. The van der Waals surface area contributed by atoms with Crippen LogP contribution < -0.4 is 0 Å². The first-order valence-electron chi connectivity index (χ1n) is 14.3. The van der Waals surface area contributed by atoms with Gasteiger partial charge in [-0.3, -0.25) is 4.79 Å². The smallest absolute Gasteiger partial charge is 0.329 e. The molecule has 1 atom stereocenters. The average Bonchev–Trinajstić information content (AvgIpc) is 3.41. The molecular weight excluding hydrogens is 565 g/mol. The van der Waals surface area contributed by atoms with E-state index in [1.807, 2.05) is 30.0 Å². The lowest BCUT2D eigenvalue weighted by molar-refractivity contribution is -0.144. The summed E-state index contributed by atoms with van der Waals surface area (Å²) in [6, 6.07) is 12.1. The van der Waals surface area contributed by atoms with Gasteiger partial charge in [-0.05, 0) is 74.6 Å². The average molecular weight is 609 g/mol. The Labute approximate surface area is 259 Å². The van der Waals surface area contributed by atoms with Crippen molar-refractivity contribution in [3.8, 4) is 0 Å². The molecule has 4 rings (SSSR count). The molecule has 0 radical (unpaired) electrons. The topological polar surface area (TPSA) is 74.6 Å². The second-order valence-electron chi connectivity index (χ2n) is 11.6.